The molecule has 1 atom stereocenters. The summed E-state index contributed by atoms with van der Waals surface area (Å²) in [7, 11) is 0. The molecule has 1 aromatic heterocycles. The van der Waals surface area contributed by atoms with Gasteiger partial charge in [0, 0.05) is 19.3 Å². The summed E-state index contributed by atoms with van der Waals surface area (Å²) in [5, 5.41) is 12.1. The average Bonchev–Trinajstić information content (AvgIpc) is 2.37. The summed E-state index contributed by atoms with van der Waals surface area (Å²) < 4.78 is 0. The molecule has 0 aliphatic rings. The van der Waals surface area contributed by atoms with Gasteiger partial charge in [0.15, 0.2) is 0 Å². The number of carbonyl (C=O) groups excluding carboxylic acids is 1. The molecule has 0 aliphatic carbocycles. The van der Waals surface area contributed by atoms with Crippen LogP contribution in [0.2, 0.25) is 10.2 Å². The number of hydrogen-bond acceptors (Lipinski definition) is 3. The van der Waals surface area contributed by atoms with Gasteiger partial charge in [-0.3, -0.25) is 4.79 Å². The predicted molar refractivity (Wildman–Crippen MR) is 72.1 cm³/mol. The van der Waals surface area contributed by atoms with Crippen LogP contribution in [0.25, 0.3) is 0 Å². The summed E-state index contributed by atoms with van der Waals surface area (Å²) in [4.78, 5) is 15.6. The number of aliphatic hydroxyl groups is 1. The van der Waals surface area contributed by atoms with E-state index in [1.807, 2.05) is 6.92 Å². The Labute approximate surface area is 116 Å². The molecule has 0 spiro atoms. The molecule has 6 heteroatoms. The van der Waals surface area contributed by atoms with Gasteiger partial charge in [0.2, 0.25) is 0 Å². The largest absolute Gasteiger partial charge is 0.396 e. The van der Waals surface area contributed by atoms with Crippen molar-refractivity contribution in [3.8, 4) is 0 Å². The normalized spacial score (nSPS) is 12.2. The quantitative estimate of drug-likeness (QED) is 0.792. The Kier molecular flexibility index (Phi) is 6.39. The monoisotopic (exact) mass is 290 g/mol. The van der Waals surface area contributed by atoms with Crippen LogP contribution in [0.1, 0.15) is 30.1 Å². The van der Waals surface area contributed by atoms with Gasteiger partial charge in [-0.2, -0.15) is 0 Å². The molecule has 1 heterocycles. The van der Waals surface area contributed by atoms with Crippen LogP contribution in [0.4, 0.5) is 0 Å². The first kappa shape index (κ1) is 15.2. The molecule has 1 rings (SSSR count). The number of hydrogen-bond donors (Lipinski definition) is 2. The zero-order valence-corrected chi connectivity index (χ0v) is 11.6. The van der Waals surface area contributed by atoms with Crippen molar-refractivity contribution in [2.24, 2.45) is 5.92 Å². The van der Waals surface area contributed by atoms with Crippen molar-refractivity contribution in [3.05, 3.63) is 28.0 Å². The van der Waals surface area contributed by atoms with E-state index in [1.54, 1.807) is 0 Å². The van der Waals surface area contributed by atoms with Gasteiger partial charge in [0.05, 0.1) is 10.6 Å². The number of pyridine rings is 1. The van der Waals surface area contributed by atoms with E-state index in [0.717, 1.165) is 6.42 Å². The van der Waals surface area contributed by atoms with Crippen LogP contribution < -0.4 is 5.32 Å². The molecule has 0 saturated heterocycles. The van der Waals surface area contributed by atoms with Crippen LogP contribution in [0.5, 0.6) is 0 Å². The van der Waals surface area contributed by atoms with Crippen molar-refractivity contribution in [1.82, 2.24) is 10.3 Å². The Morgan fingerprint density at radius 2 is 2.28 bits per heavy atom. The highest BCUT2D eigenvalue weighted by Gasteiger charge is 2.11. The fourth-order valence-electron chi connectivity index (χ4n) is 1.52. The van der Waals surface area contributed by atoms with E-state index in [-0.39, 0.29) is 28.6 Å². The van der Waals surface area contributed by atoms with Crippen molar-refractivity contribution >= 4 is 29.1 Å². The maximum atomic E-state index is 11.8. The van der Waals surface area contributed by atoms with Gasteiger partial charge >= 0.3 is 0 Å². The third kappa shape index (κ3) is 4.44. The third-order valence-electron chi connectivity index (χ3n) is 2.72. The zero-order valence-electron chi connectivity index (χ0n) is 10.1. The van der Waals surface area contributed by atoms with E-state index < -0.39 is 0 Å². The Bertz CT molecular complexity index is 413. The smallest absolute Gasteiger partial charge is 0.252 e. The highest BCUT2D eigenvalue weighted by Crippen LogP contribution is 2.19. The van der Waals surface area contributed by atoms with Crippen LogP contribution in [0.3, 0.4) is 0 Å². The topological polar surface area (TPSA) is 62.2 Å². The molecule has 0 bridgehead atoms. The first-order valence-corrected chi connectivity index (χ1v) is 6.54. The Hall–Kier alpha value is -0.840. The fourth-order valence-corrected chi connectivity index (χ4v) is 1.79. The maximum absolute atomic E-state index is 11.8. The second kappa shape index (κ2) is 7.56. The Morgan fingerprint density at radius 3 is 2.83 bits per heavy atom. The van der Waals surface area contributed by atoms with Crippen molar-refractivity contribution in [2.75, 3.05) is 13.2 Å². The van der Waals surface area contributed by atoms with Crippen LogP contribution in [0.15, 0.2) is 12.3 Å². The van der Waals surface area contributed by atoms with Crippen LogP contribution in [0, 0.1) is 5.92 Å². The molecule has 1 unspecified atom stereocenters. The molecule has 1 aromatic rings. The minimum atomic E-state index is -0.238. The molecule has 1 amide bonds. The van der Waals surface area contributed by atoms with Crippen molar-refractivity contribution in [3.63, 3.8) is 0 Å². The molecule has 2 N–H and O–H groups in total. The highest BCUT2D eigenvalue weighted by molar-refractivity contribution is 6.41. The van der Waals surface area contributed by atoms with Gasteiger partial charge < -0.3 is 10.4 Å². The molecule has 0 aliphatic heterocycles. The summed E-state index contributed by atoms with van der Waals surface area (Å²) >= 11 is 11.5. The van der Waals surface area contributed by atoms with Gasteiger partial charge in [0.1, 0.15) is 5.15 Å². The van der Waals surface area contributed by atoms with E-state index >= 15 is 0 Å². The van der Waals surface area contributed by atoms with Crippen LogP contribution >= 0.6 is 23.2 Å². The number of nitrogens with one attached hydrogen (secondary N) is 1. The lowest BCUT2D eigenvalue weighted by atomic mass is 10.0. The lowest BCUT2D eigenvalue weighted by molar-refractivity contribution is 0.0943. The van der Waals surface area contributed by atoms with Crippen LogP contribution in [-0.2, 0) is 0 Å². The average molecular weight is 291 g/mol. The molecule has 100 valence electrons. The first-order chi connectivity index (χ1) is 8.58. The van der Waals surface area contributed by atoms with Gasteiger partial charge in [-0.05, 0) is 18.4 Å². The third-order valence-corrected chi connectivity index (χ3v) is 3.41. The molecule has 18 heavy (non-hydrogen) atoms. The number of halogens is 2. The van der Waals surface area contributed by atoms with Crippen molar-refractivity contribution < 1.29 is 9.90 Å². The standard InChI is InChI=1S/C12H16Cl2N2O2/c1-2-8(3-4-17)6-16-12(18)9-5-10(13)11(14)15-7-9/h5,7-8,17H,2-4,6H2,1H3,(H,16,18). The fraction of sp³-hybridized carbons (Fsp3) is 0.500. The number of nitrogens with zero attached hydrogens (tertiary/aromatic N) is 1. The van der Waals surface area contributed by atoms with E-state index in [4.69, 9.17) is 28.3 Å². The summed E-state index contributed by atoms with van der Waals surface area (Å²) in [5.74, 6) is 0.0344. The number of aliphatic hydroxyl groups excluding tert-OH is 1. The van der Waals surface area contributed by atoms with Crippen LogP contribution in [-0.4, -0.2) is 29.1 Å². The SMILES string of the molecule is CCC(CCO)CNC(=O)c1cnc(Cl)c(Cl)c1. The van der Waals surface area contributed by atoms with Gasteiger partial charge in [-0.1, -0.05) is 36.5 Å². The molecule has 0 radical (unpaired) electrons. The molecule has 0 fully saturated rings. The number of rotatable bonds is 6. The number of amides is 1. The van der Waals surface area contributed by atoms with E-state index in [0.29, 0.717) is 18.5 Å². The molecule has 4 nitrogen and oxygen atoms in total. The van der Waals surface area contributed by atoms with Crippen molar-refractivity contribution in [2.45, 2.75) is 19.8 Å². The van der Waals surface area contributed by atoms with E-state index in [1.165, 1.54) is 12.3 Å². The zero-order chi connectivity index (χ0) is 13.5. The highest BCUT2D eigenvalue weighted by atomic mass is 35.5. The van der Waals surface area contributed by atoms with Gasteiger partial charge in [-0.15, -0.1) is 0 Å². The van der Waals surface area contributed by atoms with Gasteiger partial charge in [0.25, 0.3) is 5.91 Å². The molecular formula is C12H16Cl2N2O2. The lowest BCUT2D eigenvalue weighted by Gasteiger charge is -2.14. The Morgan fingerprint density at radius 1 is 1.56 bits per heavy atom. The minimum absolute atomic E-state index is 0.128. The second-order valence-electron chi connectivity index (χ2n) is 3.99. The molecule has 0 aromatic carbocycles. The minimum Gasteiger partial charge on any atom is -0.396 e. The predicted octanol–water partition coefficient (Wildman–Crippen LogP) is 2.53. The van der Waals surface area contributed by atoms with Gasteiger partial charge in [-0.25, -0.2) is 4.98 Å². The Balaban J connectivity index is 2.57. The number of aromatic nitrogens is 1. The second-order valence-corrected chi connectivity index (χ2v) is 4.76. The van der Waals surface area contributed by atoms with E-state index in [2.05, 4.69) is 10.3 Å². The summed E-state index contributed by atoms with van der Waals surface area (Å²) in [5.41, 5.74) is 0.378. The first-order valence-electron chi connectivity index (χ1n) is 5.78. The summed E-state index contributed by atoms with van der Waals surface area (Å²) in [6.45, 7) is 2.67. The molecular weight excluding hydrogens is 275 g/mol. The summed E-state index contributed by atoms with van der Waals surface area (Å²) in [6.07, 6.45) is 2.97. The maximum Gasteiger partial charge on any atom is 0.252 e. The lowest BCUT2D eigenvalue weighted by Crippen LogP contribution is -2.29. The molecule has 0 saturated carbocycles. The van der Waals surface area contributed by atoms with Crippen molar-refractivity contribution in [1.29, 1.82) is 0 Å². The van der Waals surface area contributed by atoms with E-state index in [9.17, 15) is 4.79 Å². The summed E-state index contributed by atoms with van der Waals surface area (Å²) in [6, 6.07) is 1.49. The number of carbonyl (C=O) groups is 1.